The van der Waals surface area contributed by atoms with Crippen molar-refractivity contribution in [2.75, 3.05) is 0 Å². The highest BCUT2D eigenvalue weighted by Crippen LogP contribution is 2.35. The lowest BCUT2D eigenvalue weighted by Gasteiger charge is -2.11. The Bertz CT molecular complexity index is 2940. The highest BCUT2D eigenvalue weighted by molar-refractivity contribution is 6.03. The summed E-state index contributed by atoms with van der Waals surface area (Å²) in [5.74, 6) is 0. The number of hydrogen-bond donors (Lipinski definition) is 0. The van der Waals surface area contributed by atoms with Crippen molar-refractivity contribution >= 4 is 54.3 Å². The van der Waals surface area contributed by atoms with E-state index in [1.165, 1.54) is 54.7 Å². The van der Waals surface area contributed by atoms with Gasteiger partial charge in [-0.15, -0.1) is 0 Å². The molecule has 0 aliphatic heterocycles. The van der Waals surface area contributed by atoms with E-state index in [-0.39, 0.29) is 0 Å². The second-order valence-corrected chi connectivity index (χ2v) is 12.9. The molecule has 3 heterocycles. The van der Waals surface area contributed by atoms with Crippen LogP contribution in [0.1, 0.15) is 0 Å². The average Bonchev–Trinajstić information content (AvgIpc) is 3.19. The molecular formula is C47H29N3. The van der Waals surface area contributed by atoms with Crippen LogP contribution in [0, 0.1) is 0 Å². The SMILES string of the molecule is c1cc(-c2ccc3ccc(-c4ccc5ccc(-c6cccc7ncccc67)cc5c4)cc3c2)cc(-c2ccc3ccc4cccnc4c3n2)c1. The molecule has 0 bridgehead atoms. The first-order valence-electron chi connectivity index (χ1n) is 16.9. The fourth-order valence-electron chi connectivity index (χ4n) is 7.30. The lowest BCUT2D eigenvalue weighted by atomic mass is 9.94. The molecule has 0 unspecified atom stereocenters. The van der Waals surface area contributed by atoms with E-state index in [9.17, 15) is 0 Å². The molecule has 3 aromatic heterocycles. The zero-order chi connectivity index (χ0) is 33.0. The molecule has 0 saturated carbocycles. The summed E-state index contributed by atoms with van der Waals surface area (Å²) in [4.78, 5) is 14.3. The predicted molar refractivity (Wildman–Crippen MR) is 209 cm³/mol. The van der Waals surface area contributed by atoms with Crippen molar-refractivity contribution in [3.63, 3.8) is 0 Å². The Morgan fingerprint density at radius 3 is 1.64 bits per heavy atom. The largest absolute Gasteiger partial charge is 0.256 e. The summed E-state index contributed by atoms with van der Waals surface area (Å²) < 4.78 is 0. The van der Waals surface area contributed by atoms with Gasteiger partial charge in [0.1, 0.15) is 0 Å². The van der Waals surface area contributed by atoms with Crippen molar-refractivity contribution in [2.45, 2.75) is 0 Å². The Morgan fingerprint density at radius 1 is 0.320 bits per heavy atom. The monoisotopic (exact) mass is 635 g/mol. The van der Waals surface area contributed by atoms with Gasteiger partial charge in [0, 0.05) is 34.1 Å². The third-order valence-corrected chi connectivity index (χ3v) is 9.89. The zero-order valence-electron chi connectivity index (χ0n) is 27.1. The maximum atomic E-state index is 5.10. The first-order chi connectivity index (χ1) is 24.7. The quantitative estimate of drug-likeness (QED) is 0.181. The van der Waals surface area contributed by atoms with E-state index in [1.807, 2.05) is 24.5 Å². The number of pyridine rings is 3. The van der Waals surface area contributed by atoms with Crippen LogP contribution in [0.15, 0.2) is 176 Å². The first kappa shape index (κ1) is 28.3. The third-order valence-electron chi connectivity index (χ3n) is 9.89. The fourth-order valence-corrected chi connectivity index (χ4v) is 7.30. The van der Waals surface area contributed by atoms with Gasteiger partial charge in [-0.25, -0.2) is 4.98 Å². The van der Waals surface area contributed by atoms with Gasteiger partial charge in [0.25, 0.3) is 0 Å². The van der Waals surface area contributed by atoms with Crippen LogP contribution in [0.4, 0.5) is 0 Å². The van der Waals surface area contributed by atoms with Crippen LogP contribution in [-0.4, -0.2) is 15.0 Å². The van der Waals surface area contributed by atoms with Gasteiger partial charge < -0.3 is 0 Å². The molecule has 0 saturated heterocycles. The fraction of sp³-hybridized carbons (Fsp3) is 0. The minimum atomic E-state index is 0.931. The van der Waals surface area contributed by atoms with E-state index in [0.29, 0.717) is 0 Å². The van der Waals surface area contributed by atoms with Crippen LogP contribution in [0.5, 0.6) is 0 Å². The number of aromatic nitrogens is 3. The normalized spacial score (nSPS) is 11.6. The van der Waals surface area contributed by atoms with Crippen molar-refractivity contribution < 1.29 is 0 Å². The lowest BCUT2D eigenvalue weighted by Crippen LogP contribution is -1.89. The minimum Gasteiger partial charge on any atom is -0.256 e. The molecule has 0 spiro atoms. The molecule has 10 aromatic rings. The maximum absolute atomic E-state index is 5.10. The van der Waals surface area contributed by atoms with E-state index in [1.54, 1.807) is 0 Å². The van der Waals surface area contributed by atoms with Crippen molar-refractivity contribution in [1.82, 2.24) is 15.0 Å². The van der Waals surface area contributed by atoms with Crippen LogP contribution < -0.4 is 0 Å². The zero-order valence-corrected chi connectivity index (χ0v) is 27.1. The second-order valence-electron chi connectivity index (χ2n) is 12.9. The summed E-state index contributed by atoms with van der Waals surface area (Å²) in [5, 5.41) is 8.24. The smallest absolute Gasteiger partial charge is 0.0972 e. The summed E-state index contributed by atoms with van der Waals surface area (Å²) in [5.41, 5.74) is 12.0. The molecule has 3 heteroatoms. The van der Waals surface area contributed by atoms with Gasteiger partial charge in [-0.3, -0.25) is 9.97 Å². The molecular weight excluding hydrogens is 607 g/mol. The molecule has 7 aromatic carbocycles. The summed E-state index contributed by atoms with van der Waals surface area (Å²) >= 11 is 0. The van der Waals surface area contributed by atoms with Crippen LogP contribution in [0.25, 0.3) is 98.9 Å². The Kier molecular flexibility index (Phi) is 6.49. The van der Waals surface area contributed by atoms with Crippen molar-refractivity contribution in [1.29, 1.82) is 0 Å². The average molecular weight is 636 g/mol. The number of hydrogen-bond acceptors (Lipinski definition) is 3. The van der Waals surface area contributed by atoms with Gasteiger partial charge in [-0.2, -0.15) is 0 Å². The number of nitrogens with zero attached hydrogens (tertiary/aromatic N) is 3. The highest BCUT2D eigenvalue weighted by Gasteiger charge is 2.10. The molecule has 0 aliphatic carbocycles. The molecule has 10 rings (SSSR count). The third kappa shape index (κ3) is 4.87. The Labute approximate surface area is 289 Å². The van der Waals surface area contributed by atoms with Gasteiger partial charge in [-0.05, 0) is 110 Å². The molecule has 0 fully saturated rings. The van der Waals surface area contributed by atoms with Gasteiger partial charge >= 0.3 is 0 Å². The van der Waals surface area contributed by atoms with Crippen LogP contribution in [-0.2, 0) is 0 Å². The first-order valence-corrected chi connectivity index (χ1v) is 16.9. The van der Waals surface area contributed by atoms with Gasteiger partial charge in [0.2, 0.25) is 0 Å². The summed E-state index contributed by atoms with van der Waals surface area (Å²) in [6.45, 7) is 0. The van der Waals surface area contributed by atoms with Gasteiger partial charge in [0.05, 0.1) is 22.2 Å². The molecule has 0 N–H and O–H groups in total. The Morgan fingerprint density at radius 2 is 0.880 bits per heavy atom. The molecule has 0 atom stereocenters. The molecule has 3 nitrogen and oxygen atoms in total. The van der Waals surface area contributed by atoms with Crippen molar-refractivity contribution in [3.05, 3.63) is 176 Å². The number of benzene rings is 7. The number of fused-ring (bicyclic) bond motifs is 6. The van der Waals surface area contributed by atoms with E-state index < -0.39 is 0 Å². The topological polar surface area (TPSA) is 38.7 Å². The molecule has 232 valence electrons. The summed E-state index contributed by atoms with van der Waals surface area (Å²) in [6, 6.07) is 58.7. The Hall–Kier alpha value is -6.71. The van der Waals surface area contributed by atoms with Crippen LogP contribution in [0.3, 0.4) is 0 Å². The van der Waals surface area contributed by atoms with Crippen molar-refractivity contribution in [2.24, 2.45) is 0 Å². The van der Waals surface area contributed by atoms with Crippen LogP contribution in [0.2, 0.25) is 0 Å². The number of rotatable bonds is 4. The summed E-state index contributed by atoms with van der Waals surface area (Å²) in [6.07, 6.45) is 3.69. The lowest BCUT2D eigenvalue weighted by molar-refractivity contribution is 1.37. The molecule has 0 aliphatic rings. The Balaban J connectivity index is 1.01. The standard InChI is InChI=1S/C47H29N3/c1-5-34(25-39(6-1)44-22-21-33-16-15-32-7-3-24-49-46(32)47(33)50-44)35-17-11-30-12-18-36(27-40(30)26-35)37-19-13-31-14-20-38(29-41(31)28-37)42-8-2-10-45-43(42)9-4-23-48-45/h1-29H. The van der Waals surface area contributed by atoms with E-state index >= 15 is 0 Å². The van der Waals surface area contributed by atoms with E-state index in [2.05, 4.69) is 162 Å². The maximum Gasteiger partial charge on any atom is 0.0972 e. The minimum absolute atomic E-state index is 0.931. The second kappa shape index (κ2) is 11.5. The van der Waals surface area contributed by atoms with E-state index in [0.717, 1.165) is 44.1 Å². The van der Waals surface area contributed by atoms with Gasteiger partial charge in [0.15, 0.2) is 0 Å². The predicted octanol–water partition coefficient (Wildman–Crippen LogP) is 12.3. The molecule has 50 heavy (non-hydrogen) atoms. The summed E-state index contributed by atoms with van der Waals surface area (Å²) in [7, 11) is 0. The molecule has 0 radical (unpaired) electrons. The van der Waals surface area contributed by atoms with Crippen LogP contribution >= 0.6 is 0 Å². The van der Waals surface area contributed by atoms with Gasteiger partial charge in [-0.1, -0.05) is 109 Å². The van der Waals surface area contributed by atoms with E-state index in [4.69, 9.17) is 4.98 Å². The van der Waals surface area contributed by atoms with Crippen molar-refractivity contribution in [3.8, 4) is 44.6 Å². The highest BCUT2D eigenvalue weighted by atomic mass is 14.7. The molecule has 0 amide bonds.